The van der Waals surface area contributed by atoms with E-state index in [1.807, 2.05) is 0 Å². The van der Waals surface area contributed by atoms with Crippen LogP contribution in [-0.4, -0.2) is 9.91 Å². The van der Waals surface area contributed by atoms with E-state index in [4.69, 9.17) is 5.26 Å². The van der Waals surface area contributed by atoms with Gasteiger partial charge in [-0.15, -0.1) is 0 Å². The summed E-state index contributed by atoms with van der Waals surface area (Å²) in [5.41, 5.74) is 0.873. The molecule has 0 bridgehead atoms. The summed E-state index contributed by atoms with van der Waals surface area (Å²) in [4.78, 5) is 13.9. The topological polar surface area (TPSA) is 79.8 Å². The smallest absolute Gasteiger partial charge is 0.258 e. The van der Waals surface area contributed by atoms with E-state index in [9.17, 15) is 10.1 Å². The minimum Gasteiger partial charge on any atom is -0.258 e. The minimum absolute atomic E-state index is 0.0370. The number of hydrogen-bond acceptors (Lipinski definition) is 4. The molecule has 5 nitrogen and oxygen atoms in total. The van der Waals surface area contributed by atoms with Crippen molar-refractivity contribution in [3.8, 4) is 6.07 Å². The first-order valence-electron chi connectivity index (χ1n) is 3.82. The molecular formula is C9H7N3O2. The van der Waals surface area contributed by atoms with Gasteiger partial charge in [-0.2, -0.15) is 5.26 Å². The lowest BCUT2D eigenvalue weighted by atomic mass is 10.2. The lowest BCUT2D eigenvalue weighted by Gasteiger charge is -1.96. The average molecular weight is 189 g/mol. The molecule has 1 aromatic rings. The van der Waals surface area contributed by atoms with Crippen LogP contribution < -0.4 is 0 Å². The van der Waals surface area contributed by atoms with E-state index in [0.29, 0.717) is 11.3 Å². The summed E-state index contributed by atoms with van der Waals surface area (Å²) < 4.78 is 0. The van der Waals surface area contributed by atoms with Gasteiger partial charge in [-0.05, 0) is 13.0 Å². The maximum atomic E-state index is 10.5. The Hall–Kier alpha value is -2.22. The largest absolute Gasteiger partial charge is 0.291 e. The van der Waals surface area contributed by atoms with Gasteiger partial charge in [-0.3, -0.25) is 15.1 Å². The van der Waals surface area contributed by atoms with E-state index in [1.54, 1.807) is 13.0 Å². The van der Waals surface area contributed by atoms with Crippen molar-refractivity contribution in [1.29, 1.82) is 5.26 Å². The van der Waals surface area contributed by atoms with Gasteiger partial charge in [0, 0.05) is 23.9 Å². The van der Waals surface area contributed by atoms with Crippen LogP contribution in [-0.2, 0) is 0 Å². The molecule has 0 atom stereocenters. The Labute approximate surface area is 80.5 Å². The Morgan fingerprint density at radius 1 is 1.71 bits per heavy atom. The molecule has 0 aliphatic heterocycles. The Bertz CT molecular complexity index is 432. The number of hydrogen-bond donors (Lipinski definition) is 0. The first kappa shape index (κ1) is 9.86. The lowest BCUT2D eigenvalue weighted by molar-refractivity contribution is -0.385. The predicted octanol–water partition coefficient (Wildman–Crippen LogP) is 1.83. The third-order valence-corrected chi connectivity index (χ3v) is 1.63. The van der Waals surface area contributed by atoms with Gasteiger partial charge in [0.05, 0.1) is 11.0 Å². The maximum Gasteiger partial charge on any atom is 0.291 e. The highest BCUT2D eigenvalue weighted by Crippen LogP contribution is 2.17. The fourth-order valence-electron chi connectivity index (χ4n) is 0.947. The zero-order valence-corrected chi connectivity index (χ0v) is 7.47. The van der Waals surface area contributed by atoms with Crippen molar-refractivity contribution in [1.82, 2.24) is 4.98 Å². The molecule has 0 radical (unpaired) electrons. The van der Waals surface area contributed by atoms with E-state index < -0.39 is 4.92 Å². The van der Waals surface area contributed by atoms with Gasteiger partial charge >= 0.3 is 0 Å². The first-order valence-corrected chi connectivity index (χ1v) is 3.82. The maximum absolute atomic E-state index is 10.5. The third-order valence-electron chi connectivity index (χ3n) is 1.63. The van der Waals surface area contributed by atoms with Crippen LogP contribution in [0.4, 0.5) is 5.69 Å². The lowest BCUT2D eigenvalue weighted by Crippen LogP contribution is -1.94. The molecule has 1 rings (SSSR count). The van der Waals surface area contributed by atoms with Crippen LogP contribution in [0.25, 0.3) is 6.08 Å². The van der Waals surface area contributed by atoms with Crippen LogP contribution in [0.1, 0.15) is 11.3 Å². The minimum atomic E-state index is -0.494. The fourth-order valence-corrected chi connectivity index (χ4v) is 0.947. The van der Waals surface area contributed by atoms with Crippen LogP contribution in [0, 0.1) is 28.4 Å². The molecule has 0 aromatic carbocycles. The standard InChI is InChI=1S/C9H7N3O2/c1-7-9(12(13)14)5-8(6-11-7)3-2-4-10/h2-3,5-6H,1H3. The van der Waals surface area contributed by atoms with Gasteiger partial charge in [-0.25, -0.2) is 0 Å². The van der Waals surface area contributed by atoms with Gasteiger partial charge in [0.2, 0.25) is 0 Å². The van der Waals surface area contributed by atoms with E-state index in [2.05, 4.69) is 4.98 Å². The van der Waals surface area contributed by atoms with Crippen molar-refractivity contribution in [2.75, 3.05) is 0 Å². The SMILES string of the molecule is Cc1ncc(C=CC#N)cc1[N+](=O)[O-]. The molecule has 70 valence electrons. The molecule has 0 aliphatic carbocycles. The number of aromatic nitrogens is 1. The summed E-state index contributed by atoms with van der Waals surface area (Å²) in [6.45, 7) is 1.57. The summed E-state index contributed by atoms with van der Waals surface area (Å²) in [6.07, 6.45) is 4.20. The van der Waals surface area contributed by atoms with Gasteiger partial charge in [0.25, 0.3) is 5.69 Å². The molecule has 0 fully saturated rings. The molecule has 0 aliphatic rings. The molecule has 0 saturated carbocycles. The molecule has 1 heterocycles. The number of pyridine rings is 1. The molecule has 0 N–H and O–H groups in total. The zero-order chi connectivity index (χ0) is 10.6. The zero-order valence-electron chi connectivity index (χ0n) is 7.47. The Kier molecular flexibility index (Phi) is 2.92. The normalized spacial score (nSPS) is 10.0. The second-order valence-electron chi connectivity index (χ2n) is 2.59. The summed E-state index contributed by atoms with van der Waals surface area (Å²) in [5.74, 6) is 0. The molecule has 0 saturated heterocycles. The quantitative estimate of drug-likeness (QED) is 0.404. The summed E-state index contributed by atoms with van der Waals surface area (Å²) >= 11 is 0. The summed E-state index contributed by atoms with van der Waals surface area (Å²) in [6, 6.07) is 3.19. The van der Waals surface area contributed by atoms with E-state index in [1.165, 1.54) is 24.4 Å². The number of nitriles is 1. The second kappa shape index (κ2) is 4.14. The number of nitrogens with zero attached hydrogens (tertiary/aromatic N) is 3. The van der Waals surface area contributed by atoms with Gasteiger partial charge in [-0.1, -0.05) is 0 Å². The number of nitro groups is 1. The Balaban J connectivity index is 3.14. The molecular weight excluding hydrogens is 182 g/mol. The second-order valence-corrected chi connectivity index (χ2v) is 2.59. The van der Waals surface area contributed by atoms with Crippen molar-refractivity contribution < 1.29 is 4.92 Å². The van der Waals surface area contributed by atoms with Gasteiger partial charge in [0.1, 0.15) is 5.69 Å². The predicted molar refractivity (Wildman–Crippen MR) is 50.3 cm³/mol. The van der Waals surface area contributed by atoms with Crippen molar-refractivity contribution in [2.24, 2.45) is 0 Å². The van der Waals surface area contributed by atoms with Crippen molar-refractivity contribution in [3.63, 3.8) is 0 Å². The number of aryl methyl sites for hydroxylation is 1. The monoisotopic (exact) mass is 189 g/mol. The Morgan fingerprint density at radius 3 is 3.00 bits per heavy atom. The molecule has 14 heavy (non-hydrogen) atoms. The van der Waals surface area contributed by atoms with Crippen molar-refractivity contribution in [3.05, 3.63) is 39.7 Å². The molecule has 0 spiro atoms. The van der Waals surface area contributed by atoms with Crippen LogP contribution in [0.3, 0.4) is 0 Å². The molecule has 0 amide bonds. The highest BCUT2D eigenvalue weighted by Gasteiger charge is 2.10. The molecule has 0 unspecified atom stereocenters. The fraction of sp³-hybridized carbons (Fsp3) is 0.111. The third kappa shape index (κ3) is 2.14. The van der Waals surface area contributed by atoms with Crippen LogP contribution in [0.5, 0.6) is 0 Å². The first-order chi connectivity index (χ1) is 6.65. The van der Waals surface area contributed by atoms with Gasteiger partial charge in [0.15, 0.2) is 0 Å². The number of allylic oxidation sites excluding steroid dienone is 1. The van der Waals surface area contributed by atoms with E-state index in [-0.39, 0.29) is 5.69 Å². The average Bonchev–Trinajstić information content (AvgIpc) is 2.16. The summed E-state index contributed by atoms with van der Waals surface area (Å²) in [5, 5.41) is 18.8. The van der Waals surface area contributed by atoms with Crippen LogP contribution in [0.2, 0.25) is 0 Å². The Morgan fingerprint density at radius 2 is 2.43 bits per heavy atom. The molecule has 1 aromatic heterocycles. The van der Waals surface area contributed by atoms with Crippen molar-refractivity contribution >= 4 is 11.8 Å². The highest BCUT2D eigenvalue weighted by molar-refractivity contribution is 5.55. The number of rotatable bonds is 2. The van der Waals surface area contributed by atoms with E-state index >= 15 is 0 Å². The summed E-state index contributed by atoms with van der Waals surface area (Å²) in [7, 11) is 0. The van der Waals surface area contributed by atoms with Crippen LogP contribution >= 0.6 is 0 Å². The highest BCUT2D eigenvalue weighted by atomic mass is 16.6. The van der Waals surface area contributed by atoms with Crippen LogP contribution in [0.15, 0.2) is 18.3 Å². The molecule has 5 heteroatoms. The van der Waals surface area contributed by atoms with Gasteiger partial charge < -0.3 is 0 Å². The van der Waals surface area contributed by atoms with Crippen molar-refractivity contribution in [2.45, 2.75) is 6.92 Å². The van der Waals surface area contributed by atoms with E-state index in [0.717, 1.165) is 0 Å².